The van der Waals surface area contributed by atoms with Gasteiger partial charge in [-0.05, 0) is 42.5 Å². The van der Waals surface area contributed by atoms with Crippen LogP contribution in [0, 0.1) is 0 Å². The number of aromatic hydroxyl groups is 1. The summed E-state index contributed by atoms with van der Waals surface area (Å²) in [5.74, 6) is 0.0939. The molecule has 1 heterocycles. The van der Waals surface area contributed by atoms with E-state index in [1.54, 1.807) is 18.2 Å². The van der Waals surface area contributed by atoms with Crippen LogP contribution in [0.4, 0.5) is 0 Å². The molecular weight excluding hydrogens is 358 g/mol. The molecule has 1 saturated heterocycles. The summed E-state index contributed by atoms with van der Waals surface area (Å²) in [5.41, 5.74) is 3.06. The predicted molar refractivity (Wildman–Crippen MR) is 111 cm³/mol. The third-order valence-electron chi connectivity index (χ3n) is 4.32. The van der Waals surface area contributed by atoms with Gasteiger partial charge in [0.15, 0.2) is 5.17 Å². The Balaban J connectivity index is 1.58. The summed E-state index contributed by atoms with van der Waals surface area (Å²) in [7, 11) is 0. The molecule has 0 unspecified atom stereocenters. The summed E-state index contributed by atoms with van der Waals surface area (Å²) in [4.78, 5) is 12.2. The van der Waals surface area contributed by atoms with Crippen molar-refractivity contribution < 1.29 is 9.90 Å². The first-order chi connectivity index (χ1) is 13.2. The molecule has 27 heavy (non-hydrogen) atoms. The molecule has 3 rings (SSSR count). The van der Waals surface area contributed by atoms with Gasteiger partial charge in [0.1, 0.15) is 5.75 Å². The van der Waals surface area contributed by atoms with E-state index in [4.69, 9.17) is 0 Å². The number of rotatable bonds is 7. The van der Waals surface area contributed by atoms with Crippen molar-refractivity contribution in [3.8, 4) is 5.75 Å². The minimum Gasteiger partial charge on any atom is -0.507 e. The van der Waals surface area contributed by atoms with Gasteiger partial charge in [0, 0.05) is 5.56 Å². The second-order valence-electron chi connectivity index (χ2n) is 6.43. The number of amides is 1. The van der Waals surface area contributed by atoms with Crippen molar-refractivity contribution >= 4 is 29.1 Å². The number of hydrogen-bond donors (Lipinski definition) is 2. The molecule has 1 amide bonds. The van der Waals surface area contributed by atoms with Gasteiger partial charge in [-0.25, -0.2) is 0 Å². The number of benzene rings is 2. The maximum atomic E-state index is 12.2. The Morgan fingerprint density at radius 2 is 1.89 bits per heavy atom. The third kappa shape index (κ3) is 5.44. The van der Waals surface area contributed by atoms with Gasteiger partial charge in [-0.3, -0.25) is 4.79 Å². The van der Waals surface area contributed by atoms with Crippen LogP contribution >= 0.6 is 11.8 Å². The van der Waals surface area contributed by atoms with E-state index < -0.39 is 0 Å². The molecule has 1 aliphatic rings. The Kier molecular flexibility index (Phi) is 6.65. The maximum Gasteiger partial charge on any atom is 0.239 e. The number of nitrogens with zero attached hydrogens (tertiary/aromatic N) is 2. The van der Waals surface area contributed by atoms with Crippen LogP contribution in [-0.4, -0.2) is 27.6 Å². The van der Waals surface area contributed by atoms with Crippen molar-refractivity contribution in [1.82, 2.24) is 5.32 Å². The van der Waals surface area contributed by atoms with Crippen molar-refractivity contribution in [2.24, 2.45) is 10.2 Å². The predicted octanol–water partition coefficient (Wildman–Crippen LogP) is 3.90. The molecule has 0 radical (unpaired) electrons. The number of nitrogens with one attached hydrogen (secondary N) is 1. The topological polar surface area (TPSA) is 74.1 Å². The monoisotopic (exact) mass is 381 g/mol. The molecule has 5 nitrogen and oxygen atoms in total. The van der Waals surface area contributed by atoms with Crippen LogP contribution in [0.3, 0.4) is 0 Å². The number of carbonyl (C=O) groups is 1. The second-order valence-corrected chi connectivity index (χ2v) is 7.62. The lowest BCUT2D eigenvalue weighted by molar-refractivity contribution is -0.118. The summed E-state index contributed by atoms with van der Waals surface area (Å²) < 4.78 is 0. The quantitative estimate of drug-likeness (QED) is 0.564. The number of thioether (sulfide) groups is 1. The number of amidine groups is 1. The maximum absolute atomic E-state index is 12.2. The van der Waals surface area contributed by atoms with Crippen LogP contribution in [0.25, 0.3) is 0 Å². The molecule has 2 aromatic carbocycles. The minimum atomic E-state index is -0.203. The fourth-order valence-electron chi connectivity index (χ4n) is 2.76. The average molecular weight is 382 g/mol. The number of unbranched alkanes of at least 4 members (excludes halogenated alkanes) is 1. The number of phenols is 1. The van der Waals surface area contributed by atoms with Gasteiger partial charge < -0.3 is 10.4 Å². The van der Waals surface area contributed by atoms with Crippen LogP contribution in [-0.2, 0) is 17.6 Å². The van der Waals surface area contributed by atoms with E-state index in [2.05, 4.69) is 46.7 Å². The van der Waals surface area contributed by atoms with Crippen molar-refractivity contribution in [2.45, 2.75) is 37.9 Å². The van der Waals surface area contributed by atoms with E-state index in [9.17, 15) is 9.90 Å². The first-order valence-corrected chi connectivity index (χ1v) is 9.98. The Morgan fingerprint density at radius 3 is 2.63 bits per heavy atom. The summed E-state index contributed by atoms with van der Waals surface area (Å²) in [6.07, 6.45) is 5.61. The number of hydrogen-bond acceptors (Lipinski definition) is 5. The molecule has 0 aromatic heterocycles. The zero-order valence-electron chi connectivity index (χ0n) is 15.3. The van der Waals surface area contributed by atoms with Gasteiger partial charge in [0.2, 0.25) is 5.91 Å². The zero-order valence-corrected chi connectivity index (χ0v) is 16.1. The van der Waals surface area contributed by atoms with E-state index in [1.807, 2.05) is 6.07 Å². The smallest absolute Gasteiger partial charge is 0.239 e. The van der Waals surface area contributed by atoms with Gasteiger partial charge in [0.25, 0.3) is 0 Å². The molecular formula is C21H23N3O2S. The largest absolute Gasteiger partial charge is 0.507 e. The van der Waals surface area contributed by atoms with Gasteiger partial charge in [-0.1, -0.05) is 61.5 Å². The summed E-state index contributed by atoms with van der Waals surface area (Å²) in [5, 5.41) is 20.8. The highest BCUT2D eigenvalue weighted by Gasteiger charge is 2.30. The first-order valence-electron chi connectivity index (χ1n) is 9.10. The highest BCUT2D eigenvalue weighted by Crippen LogP contribution is 2.24. The molecule has 140 valence electrons. The van der Waals surface area contributed by atoms with Crippen LogP contribution in [0.1, 0.15) is 36.5 Å². The van der Waals surface area contributed by atoms with Gasteiger partial charge in [0.05, 0.1) is 11.5 Å². The molecule has 1 aliphatic heterocycles. The number of carbonyl (C=O) groups excluding carboxylic acids is 1. The lowest BCUT2D eigenvalue weighted by Crippen LogP contribution is -2.25. The Hall–Kier alpha value is -2.60. The number of phenolic OH excluding ortho intramolecular Hbond substituents is 1. The number of para-hydroxylation sites is 1. The lowest BCUT2D eigenvalue weighted by atomic mass is 10.0. The molecule has 0 bridgehead atoms. The molecule has 6 heteroatoms. The van der Waals surface area contributed by atoms with Gasteiger partial charge in [-0.2, -0.15) is 5.10 Å². The molecule has 0 spiro atoms. The first kappa shape index (κ1) is 19.2. The normalized spacial score (nSPS) is 18.3. The molecule has 1 atom stereocenters. The molecule has 0 aliphatic carbocycles. The fourth-order valence-corrected chi connectivity index (χ4v) is 3.73. The average Bonchev–Trinajstić information content (AvgIpc) is 3.02. The SMILES string of the molecule is CCCCc1ccc(C[C@@H]2S/C(=N\N=C/c3ccccc3O)NC2=O)cc1. The van der Waals surface area contributed by atoms with E-state index in [0.29, 0.717) is 17.2 Å². The second kappa shape index (κ2) is 9.37. The summed E-state index contributed by atoms with van der Waals surface area (Å²) in [6.45, 7) is 2.19. The Labute approximate surface area is 163 Å². The van der Waals surface area contributed by atoms with E-state index >= 15 is 0 Å². The molecule has 1 fully saturated rings. The van der Waals surface area contributed by atoms with Gasteiger partial charge in [-0.15, -0.1) is 5.10 Å². The van der Waals surface area contributed by atoms with Gasteiger partial charge >= 0.3 is 0 Å². The van der Waals surface area contributed by atoms with Crippen LogP contribution < -0.4 is 5.32 Å². The third-order valence-corrected chi connectivity index (χ3v) is 5.39. The van der Waals surface area contributed by atoms with Crippen molar-refractivity contribution in [2.75, 3.05) is 0 Å². The minimum absolute atomic E-state index is 0.0495. The van der Waals surface area contributed by atoms with Crippen LogP contribution in [0.5, 0.6) is 5.75 Å². The summed E-state index contributed by atoms with van der Waals surface area (Å²) in [6, 6.07) is 15.4. The number of aryl methyl sites for hydroxylation is 1. The van der Waals surface area contributed by atoms with Crippen molar-refractivity contribution in [1.29, 1.82) is 0 Å². The molecule has 2 aromatic rings. The summed E-state index contributed by atoms with van der Waals surface area (Å²) >= 11 is 1.38. The Bertz CT molecular complexity index is 847. The standard InChI is InChI=1S/C21H23N3O2S/c1-2-3-6-15-9-11-16(12-10-15)13-19-20(26)23-21(27-19)24-22-14-17-7-4-5-8-18(17)25/h4-5,7-12,14,19,25H,2-3,6,13H2,1H3,(H,23,24,26)/b22-14-/t19-/m0/s1. The van der Waals surface area contributed by atoms with E-state index in [1.165, 1.54) is 36.4 Å². The Morgan fingerprint density at radius 1 is 1.15 bits per heavy atom. The van der Waals surface area contributed by atoms with Crippen LogP contribution in [0.2, 0.25) is 0 Å². The fraction of sp³-hybridized carbons (Fsp3) is 0.286. The lowest BCUT2D eigenvalue weighted by Gasteiger charge is -2.06. The van der Waals surface area contributed by atoms with Crippen molar-refractivity contribution in [3.05, 3.63) is 65.2 Å². The highest BCUT2D eigenvalue weighted by molar-refractivity contribution is 8.15. The van der Waals surface area contributed by atoms with E-state index in [-0.39, 0.29) is 16.9 Å². The van der Waals surface area contributed by atoms with E-state index in [0.717, 1.165) is 12.0 Å². The van der Waals surface area contributed by atoms with Crippen molar-refractivity contribution in [3.63, 3.8) is 0 Å². The molecule has 2 N–H and O–H groups in total. The zero-order chi connectivity index (χ0) is 19.1. The highest BCUT2D eigenvalue weighted by atomic mass is 32.2. The molecule has 0 saturated carbocycles. The van der Waals surface area contributed by atoms with Crippen LogP contribution in [0.15, 0.2) is 58.7 Å².